The summed E-state index contributed by atoms with van der Waals surface area (Å²) in [6, 6.07) is 9.32. The molecule has 0 aliphatic heterocycles. The molecule has 0 saturated heterocycles. The van der Waals surface area contributed by atoms with Crippen LogP contribution in [0.1, 0.15) is 29.3 Å². The molecule has 2 atom stereocenters. The summed E-state index contributed by atoms with van der Waals surface area (Å²) in [6.45, 7) is 1.56. The first kappa shape index (κ1) is 19.7. The maximum absolute atomic E-state index is 12.4. The zero-order chi connectivity index (χ0) is 19.3. The molecule has 0 bridgehead atoms. The van der Waals surface area contributed by atoms with Gasteiger partial charge in [-0.3, -0.25) is 14.6 Å². The van der Waals surface area contributed by atoms with Gasteiger partial charge in [0, 0.05) is 30.3 Å². The van der Waals surface area contributed by atoms with Gasteiger partial charge in [0.25, 0.3) is 0 Å². The molecule has 0 fully saturated rings. The first-order valence-corrected chi connectivity index (χ1v) is 9.51. The summed E-state index contributed by atoms with van der Waals surface area (Å²) in [5, 5.41) is 7.63. The van der Waals surface area contributed by atoms with Crippen LogP contribution in [0, 0.1) is 5.92 Å². The molecular formula is C18H20N2O5S. The highest BCUT2D eigenvalue weighted by molar-refractivity contribution is 7.92. The number of carbonyl (C=O) groups excluding carboxylic acids is 1. The van der Waals surface area contributed by atoms with Gasteiger partial charge in [-0.2, -0.15) is 0 Å². The SMILES string of the molecule is CC(CC(=O)O)C(=O)c1ccc(CC(N)S(=O)(=O)c2cccnc2)cc1. The van der Waals surface area contributed by atoms with Crippen molar-refractivity contribution >= 4 is 21.6 Å². The minimum Gasteiger partial charge on any atom is -0.481 e. The number of aromatic nitrogens is 1. The fraction of sp³-hybridized carbons (Fsp3) is 0.278. The highest BCUT2D eigenvalue weighted by Crippen LogP contribution is 2.17. The van der Waals surface area contributed by atoms with Crippen molar-refractivity contribution in [2.75, 3.05) is 0 Å². The Morgan fingerprint density at radius 3 is 2.38 bits per heavy atom. The second kappa shape index (κ2) is 8.20. The fourth-order valence-corrected chi connectivity index (χ4v) is 3.71. The Balaban J connectivity index is 2.09. The Bertz CT molecular complexity index is 880. The van der Waals surface area contributed by atoms with Crippen molar-refractivity contribution in [1.82, 2.24) is 4.98 Å². The second-order valence-electron chi connectivity index (χ2n) is 6.04. The molecule has 1 heterocycles. The van der Waals surface area contributed by atoms with Gasteiger partial charge in [-0.15, -0.1) is 0 Å². The van der Waals surface area contributed by atoms with Crippen molar-refractivity contribution in [2.24, 2.45) is 11.7 Å². The van der Waals surface area contributed by atoms with Crippen LogP contribution in [0.25, 0.3) is 0 Å². The molecule has 0 aliphatic carbocycles. The number of rotatable bonds is 8. The van der Waals surface area contributed by atoms with Crippen molar-refractivity contribution < 1.29 is 23.1 Å². The minimum atomic E-state index is -3.71. The Morgan fingerprint density at radius 2 is 1.85 bits per heavy atom. The molecule has 1 aromatic heterocycles. The van der Waals surface area contributed by atoms with Crippen LogP contribution in [0.15, 0.2) is 53.7 Å². The Labute approximate surface area is 151 Å². The summed E-state index contributed by atoms with van der Waals surface area (Å²) in [5.74, 6) is -1.94. The van der Waals surface area contributed by atoms with E-state index in [1.165, 1.54) is 24.5 Å². The molecule has 8 heteroatoms. The maximum atomic E-state index is 12.4. The van der Waals surface area contributed by atoms with E-state index in [1.54, 1.807) is 31.2 Å². The van der Waals surface area contributed by atoms with Crippen molar-refractivity contribution in [3.63, 3.8) is 0 Å². The molecule has 138 valence electrons. The van der Waals surface area contributed by atoms with Gasteiger partial charge in [0.2, 0.25) is 0 Å². The number of benzene rings is 1. The Morgan fingerprint density at radius 1 is 1.19 bits per heavy atom. The van der Waals surface area contributed by atoms with E-state index in [4.69, 9.17) is 10.8 Å². The second-order valence-corrected chi connectivity index (χ2v) is 8.20. The van der Waals surface area contributed by atoms with Crippen molar-refractivity contribution in [2.45, 2.75) is 30.0 Å². The molecule has 1 aromatic carbocycles. The predicted octanol–water partition coefficient (Wildman–Crippen LogP) is 1.68. The number of hydrogen-bond donors (Lipinski definition) is 2. The molecular weight excluding hydrogens is 356 g/mol. The van der Waals surface area contributed by atoms with Gasteiger partial charge in [0.15, 0.2) is 15.6 Å². The van der Waals surface area contributed by atoms with Crippen LogP contribution in [0.3, 0.4) is 0 Å². The lowest BCUT2D eigenvalue weighted by Crippen LogP contribution is -2.32. The number of hydrogen-bond acceptors (Lipinski definition) is 6. The summed E-state index contributed by atoms with van der Waals surface area (Å²) in [4.78, 5) is 26.7. The number of sulfone groups is 1. The molecule has 0 amide bonds. The van der Waals surface area contributed by atoms with E-state index in [0.717, 1.165) is 0 Å². The predicted molar refractivity (Wildman–Crippen MR) is 95.3 cm³/mol. The maximum Gasteiger partial charge on any atom is 0.304 e. The van der Waals surface area contributed by atoms with Gasteiger partial charge < -0.3 is 10.8 Å². The van der Waals surface area contributed by atoms with E-state index in [0.29, 0.717) is 11.1 Å². The summed E-state index contributed by atoms with van der Waals surface area (Å²) in [6.07, 6.45) is 2.57. The standard InChI is InChI=1S/C18H20N2O5S/c1-12(9-17(21)22)18(23)14-6-4-13(5-7-14)10-16(19)26(24,25)15-3-2-8-20-11-15/h2-8,11-12,16H,9-10,19H2,1H3,(H,21,22). The fourth-order valence-electron chi connectivity index (χ4n) is 2.48. The number of pyridine rings is 1. The van der Waals surface area contributed by atoms with Gasteiger partial charge in [0.05, 0.1) is 11.3 Å². The number of carbonyl (C=O) groups is 2. The third kappa shape index (κ3) is 4.74. The first-order valence-electron chi connectivity index (χ1n) is 7.96. The van der Waals surface area contributed by atoms with E-state index in [1.807, 2.05) is 0 Å². The quantitative estimate of drug-likeness (QED) is 0.671. The molecule has 26 heavy (non-hydrogen) atoms. The Kier molecular flexibility index (Phi) is 6.23. The van der Waals surface area contributed by atoms with Crippen LogP contribution >= 0.6 is 0 Å². The zero-order valence-corrected chi connectivity index (χ0v) is 15.0. The smallest absolute Gasteiger partial charge is 0.304 e. The Hall–Kier alpha value is -2.58. The molecule has 0 radical (unpaired) electrons. The van der Waals surface area contributed by atoms with E-state index in [2.05, 4.69) is 4.98 Å². The van der Waals surface area contributed by atoms with Crippen LogP contribution in [0.5, 0.6) is 0 Å². The number of nitrogens with zero attached hydrogens (tertiary/aromatic N) is 1. The molecule has 2 aromatic rings. The molecule has 2 rings (SSSR count). The van der Waals surface area contributed by atoms with Crippen LogP contribution in [-0.2, 0) is 21.1 Å². The number of ketones is 1. The highest BCUT2D eigenvalue weighted by Gasteiger charge is 2.24. The van der Waals surface area contributed by atoms with Gasteiger partial charge >= 0.3 is 5.97 Å². The summed E-state index contributed by atoms with van der Waals surface area (Å²) in [7, 11) is -3.71. The number of carboxylic acids is 1. The van der Waals surface area contributed by atoms with Gasteiger partial charge in [0.1, 0.15) is 5.37 Å². The van der Waals surface area contributed by atoms with Crippen molar-refractivity contribution in [1.29, 1.82) is 0 Å². The summed E-state index contributed by atoms with van der Waals surface area (Å²) >= 11 is 0. The van der Waals surface area contributed by atoms with Gasteiger partial charge in [-0.1, -0.05) is 31.2 Å². The number of aliphatic carboxylic acids is 1. The number of Topliss-reactive ketones (excluding diaryl/α,β-unsaturated/α-hetero) is 1. The normalized spacial score (nSPS) is 13.8. The lowest BCUT2D eigenvalue weighted by molar-refractivity contribution is -0.137. The van der Waals surface area contributed by atoms with E-state index >= 15 is 0 Å². The molecule has 0 spiro atoms. The largest absolute Gasteiger partial charge is 0.481 e. The lowest BCUT2D eigenvalue weighted by atomic mass is 9.95. The number of nitrogens with two attached hydrogens (primary N) is 1. The minimum absolute atomic E-state index is 0.0572. The molecule has 2 unspecified atom stereocenters. The van der Waals surface area contributed by atoms with Gasteiger partial charge in [-0.25, -0.2) is 8.42 Å². The van der Waals surface area contributed by atoms with Crippen LogP contribution in [-0.4, -0.2) is 35.6 Å². The molecule has 0 saturated carbocycles. The molecule has 7 nitrogen and oxygen atoms in total. The van der Waals surface area contributed by atoms with E-state index in [-0.39, 0.29) is 23.5 Å². The van der Waals surface area contributed by atoms with Crippen LogP contribution < -0.4 is 5.73 Å². The average Bonchev–Trinajstić information content (AvgIpc) is 2.61. The third-order valence-electron chi connectivity index (χ3n) is 3.97. The first-order chi connectivity index (χ1) is 12.2. The van der Waals surface area contributed by atoms with Crippen LogP contribution in [0.4, 0.5) is 0 Å². The van der Waals surface area contributed by atoms with Crippen molar-refractivity contribution in [3.05, 3.63) is 59.9 Å². The lowest BCUT2D eigenvalue weighted by Gasteiger charge is -2.13. The highest BCUT2D eigenvalue weighted by atomic mass is 32.2. The monoisotopic (exact) mass is 376 g/mol. The summed E-state index contributed by atoms with van der Waals surface area (Å²) < 4.78 is 24.9. The number of carboxylic acid groups (broad SMARTS) is 1. The van der Waals surface area contributed by atoms with Crippen molar-refractivity contribution in [3.8, 4) is 0 Å². The molecule has 0 aliphatic rings. The molecule has 3 N–H and O–H groups in total. The van der Waals surface area contributed by atoms with Crippen LogP contribution in [0.2, 0.25) is 0 Å². The van der Waals surface area contributed by atoms with E-state index in [9.17, 15) is 18.0 Å². The van der Waals surface area contributed by atoms with Gasteiger partial charge in [-0.05, 0) is 17.7 Å². The third-order valence-corrected chi connectivity index (χ3v) is 5.83. The zero-order valence-electron chi connectivity index (χ0n) is 14.2. The average molecular weight is 376 g/mol. The van der Waals surface area contributed by atoms with E-state index < -0.39 is 27.1 Å². The topological polar surface area (TPSA) is 127 Å². The summed E-state index contributed by atoms with van der Waals surface area (Å²) in [5.41, 5.74) is 6.91.